The second-order valence-corrected chi connectivity index (χ2v) is 6.35. The summed E-state index contributed by atoms with van der Waals surface area (Å²) in [5, 5.41) is 0. The van der Waals surface area contributed by atoms with Crippen LogP contribution in [0, 0.1) is 0 Å². The third kappa shape index (κ3) is 5.06. The van der Waals surface area contributed by atoms with E-state index >= 15 is 0 Å². The Morgan fingerprint density at radius 1 is 0.379 bits per heavy atom. The van der Waals surface area contributed by atoms with Crippen LogP contribution in [0.3, 0.4) is 0 Å². The molecule has 0 aliphatic carbocycles. The molecule has 4 rings (SSSR count). The molecule has 148 valence electrons. The van der Waals surface area contributed by atoms with Crippen molar-refractivity contribution in [3.05, 3.63) is 97.1 Å². The Morgan fingerprint density at radius 2 is 0.724 bits per heavy atom. The molecule has 5 nitrogen and oxygen atoms in total. The van der Waals surface area contributed by atoms with Crippen molar-refractivity contribution in [2.24, 2.45) is 0 Å². The number of rotatable bonds is 2. The van der Waals surface area contributed by atoms with Gasteiger partial charge in [0.1, 0.15) is 0 Å². The van der Waals surface area contributed by atoms with Crippen LogP contribution in [0.1, 0.15) is 0 Å². The summed E-state index contributed by atoms with van der Waals surface area (Å²) in [6, 6.07) is 31.4. The summed E-state index contributed by atoms with van der Waals surface area (Å²) in [5.74, 6) is 0. The van der Waals surface area contributed by atoms with Gasteiger partial charge in [-0.1, -0.05) is 84.9 Å². The minimum Gasteiger partial charge on any atom is -0.412 e. The van der Waals surface area contributed by atoms with E-state index in [9.17, 15) is 0 Å². The predicted octanol–water partition coefficient (Wildman–Crippen LogP) is 4.21. The topological polar surface area (TPSA) is 136 Å². The molecule has 0 aliphatic heterocycles. The maximum absolute atomic E-state index is 5.89. The minimum absolute atomic E-state index is 0. The van der Waals surface area contributed by atoms with Gasteiger partial charge in [-0.15, -0.1) is 0 Å². The summed E-state index contributed by atoms with van der Waals surface area (Å²) < 4.78 is 0. The van der Waals surface area contributed by atoms with Gasteiger partial charge in [-0.05, 0) is 23.3 Å². The van der Waals surface area contributed by atoms with Crippen LogP contribution in [0.15, 0.2) is 97.1 Å². The maximum Gasteiger partial charge on any atom is 0.0627 e. The number of anilines is 4. The Morgan fingerprint density at radius 3 is 1.07 bits per heavy atom. The molecule has 0 atom stereocenters. The number of para-hydroxylation sites is 2. The van der Waals surface area contributed by atoms with Gasteiger partial charge in [0, 0.05) is 11.1 Å². The zero-order chi connectivity index (χ0) is 19.9. The van der Waals surface area contributed by atoms with Crippen LogP contribution >= 0.6 is 0 Å². The molecule has 0 spiro atoms. The monoisotopic (exact) mass is 386 g/mol. The standard InChI is InChI=1S/2C12H12N2.H2O/c2*13-11-8-4-7-10(12(11)14)9-5-2-1-3-6-9;/h2*1-8H,13-14H2;1H2. The molecule has 0 saturated heterocycles. The lowest BCUT2D eigenvalue weighted by Gasteiger charge is -2.07. The van der Waals surface area contributed by atoms with Gasteiger partial charge in [0.15, 0.2) is 0 Å². The molecule has 0 aromatic heterocycles. The molecule has 0 aliphatic rings. The van der Waals surface area contributed by atoms with E-state index in [-0.39, 0.29) is 5.48 Å². The van der Waals surface area contributed by atoms with E-state index in [1.165, 1.54) is 0 Å². The largest absolute Gasteiger partial charge is 0.412 e. The van der Waals surface area contributed by atoms with Crippen molar-refractivity contribution in [3.8, 4) is 22.3 Å². The van der Waals surface area contributed by atoms with Crippen LogP contribution in [0.25, 0.3) is 22.3 Å². The number of benzene rings is 4. The van der Waals surface area contributed by atoms with E-state index in [4.69, 9.17) is 22.9 Å². The van der Waals surface area contributed by atoms with Crippen molar-refractivity contribution < 1.29 is 5.48 Å². The number of nitrogen functional groups attached to an aromatic ring is 4. The Labute approximate surface area is 170 Å². The van der Waals surface area contributed by atoms with Crippen molar-refractivity contribution in [1.82, 2.24) is 0 Å². The van der Waals surface area contributed by atoms with Gasteiger partial charge in [0.25, 0.3) is 0 Å². The zero-order valence-electron chi connectivity index (χ0n) is 16.0. The lowest BCUT2D eigenvalue weighted by Crippen LogP contribution is -1.96. The molecule has 0 heterocycles. The van der Waals surface area contributed by atoms with Gasteiger partial charge in [-0.3, -0.25) is 0 Å². The second-order valence-electron chi connectivity index (χ2n) is 6.35. The minimum atomic E-state index is 0. The highest BCUT2D eigenvalue weighted by Crippen LogP contribution is 2.30. The lowest BCUT2D eigenvalue weighted by molar-refractivity contribution is 0.824. The second kappa shape index (κ2) is 9.82. The van der Waals surface area contributed by atoms with E-state index in [1.807, 2.05) is 97.1 Å². The molecule has 0 saturated carbocycles. The van der Waals surface area contributed by atoms with Crippen LogP contribution in [0.2, 0.25) is 0 Å². The molecule has 0 fully saturated rings. The van der Waals surface area contributed by atoms with Crippen molar-refractivity contribution in [3.63, 3.8) is 0 Å². The summed E-state index contributed by atoms with van der Waals surface area (Å²) in [7, 11) is 0. The van der Waals surface area contributed by atoms with Crippen LogP contribution in [-0.4, -0.2) is 5.48 Å². The third-order valence-corrected chi connectivity index (χ3v) is 4.45. The van der Waals surface area contributed by atoms with E-state index in [1.54, 1.807) is 0 Å². The number of hydrogen-bond acceptors (Lipinski definition) is 4. The molecule has 4 aromatic carbocycles. The van der Waals surface area contributed by atoms with Gasteiger partial charge < -0.3 is 28.4 Å². The Kier molecular flexibility index (Phi) is 7.23. The molecule has 5 heteroatoms. The summed E-state index contributed by atoms with van der Waals surface area (Å²) >= 11 is 0. The summed E-state index contributed by atoms with van der Waals surface area (Å²) in [4.78, 5) is 0. The first kappa shape index (κ1) is 21.3. The van der Waals surface area contributed by atoms with Crippen LogP contribution < -0.4 is 22.9 Å². The molecule has 4 aromatic rings. The lowest BCUT2D eigenvalue weighted by atomic mass is 10.0. The van der Waals surface area contributed by atoms with Gasteiger partial charge in [0.2, 0.25) is 0 Å². The van der Waals surface area contributed by atoms with Crippen molar-refractivity contribution in [2.75, 3.05) is 22.9 Å². The Hall–Kier alpha value is -3.96. The molecule has 0 bridgehead atoms. The Balaban J connectivity index is 0.000000200. The number of hydrogen-bond donors (Lipinski definition) is 4. The average molecular weight is 386 g/mol. The summed E-state index contributed by atoms with van der Waals surface area (Å²) in [5.41, 5.74) is 30.0. The van der Waals surface area contributed by atoms with Crippen molar-refractivity contribution in [1.29, 1.82) is 0 Å². The fraction of sp³-hybridized carbons (Fsp3) is 0. The third-order valence-electron chi connectivity index (χ3n) is 4.45. The van der Waals surface area contributed by atoms with Crippen molar-refractivity contribution in [2.45, 2.75) is 0 Å². The first-order chi connectivity index (χ1) is 13.6. The number of nitrogens with two attached hydrogens (primary N) is 4. The summed E-state index contributed by atoms with van der Waals surface area (Å²) in [6.45, 7) is 0. The quantitative estimate of drug-likeness (QED) is 0.384. The highest BCUT2D eigenvalue weighted by Gasteiger charge is 2.04. The summed E-state index contributed by atoms with van der Waals surface area (Å²) in [6.07, 6.45) is 0. The fourth-order valence-electron chi connectivity index (χ4n) is 2.91. The predicted molar refractivity (Wildman–Crippen MR) is 125 cm³/mol. The molecular weight excluding hydrogens is 360 g/mol. The fourth-order valence-corrected chi connectivity index (χ4v) is 2.91. The highest BCUT2D eigenvalue weighted by molar-refractivity contribution is 5.85. The van der Waals surface area contributed by atoms with Gasteiger partial charge in [0.05, 0.1) is 22.7 Å². The van der Waals surface area contributed by atoms with Gasteiger partial charge in [-0.2, -0.15) is 0 Å². The normalized spacial score (nSPS) is 9.66. The average Bonchev–Trinajstić information content (AvgIpc) is 2.74. The molecule has 29 heavy (non-hydrogen) atoms. The van der Waals surface area contributed by atoms with E-state index < -0.39 is 0 Å². The van der Waals surface area contributed by atoms with E-state index in [0.29, 0.717) is 22.7 Å². The molecule has 0 unspecified atom stereocenters. The Bertz CT molecular complexity index is 964. The molecule has 10 N–H and O–H groups in total. The zero-order valence-corrected chi connectivity index (χ0v) is 16.0. The molecule has 0 amide bonds. The van der Waals surface area contributed by atoms with Crippen molar-refractivity contribution >= 4 is 22.7 Å². The van der Waals surface area contributed by atoms with Gasteiger partial charge >= 0.3 is 0 Å². The van der Waals surface area contributed by atoms with Crippen LogP contribution in [-0.2, 0) is 0 Å². The van der Waals surface area contributed by atoms with Crippen LogP contribution in [0.4, 0.5) is 22.7 Å². The maximum atomic E-state index is 5.89. The smallest absolute Gasteiger partial charge is 0.0627 e. The first-order valence-electron chi connectivity index (χ1n) is 8.96. The molecular formula is C24H26N4O. The van der Waals surface area contributed by atoms with Gasteiger partial charge in [-0.25, -0.2) is 0 Å². The highest BCUT2D eigenvalue weighted by atomic mass is 16.0. The molecule has 0 radical (unpaired) electrons. The first-order valence-corrected chi connectivity index (χ1v) is 8.96. The van der Waals surface area contributed by atoms with E-state index in [2.05, 4.69) is 0 Å². The van der Waals surface area contributed by atoms with E-state index in [0.717, 1.165) is 22.3 Å². The van der Waals surface area contributed by atoms with Crippen LogP contribution in [0.5, 0.6) is 0 Å². The SMILES string of the molecule is Nc1cccc(-c2ccccc2)c1N.Nc1cccc(-c2ccccc2)c1N.O.